The average molecular weight is 219 g/mol. The van der Waals surface area contributed by atoms with Crippen molar-refractivity contribution in [3.8, 4) is 0 Å². The Balaban J connectivity index is 2.21. The normalized spacial score (nSPS) is 26.4. The van der Waals surface area contributed by atoms with Crippen LogP contribution in [0.15, 0.2) is 12.3 Å². The Morgan fingerprint density at radius 1 is 1.47 bits per heavy atom. The van der Waals surface area contributed by atoms with E-state index < -0.39 is 18.6 Å². The maximum atomic E-state index is 12.3. The third kappa shape index (κ3) is 2.14. The highest BCUT2D eigenvalue weighted by Gasteiger charge is 2.36. The summed E-state index contributed by atoms with van der Waals surface area (Å²) in [6, 6.07) is 0.916. The molecule has 2 rings (SSSR count). The molecule has 1 aliphatic heterocycles. The number of fused-ring (bicyclic) bond motifs is 1. The second-order valence-corrected chi connectivity index (χ2v) is 3.86. The standard InChI is InChI=1S/C9H12F3N3/c10-9(11,12)5-6-1-2-7(13)8-3-4-14-15(6)8/h3-4,6-7H,1-2,5,13H2. The average Bonchev–Trinajstić information content (AvgIpc) is 2.57. The molecule has 15 heavy (non-hydrogen) atoms. The third-order valence-corrected chi connectivity index (χ3v) is 2.70. The molecule has 0 aromatic carbocycles. The molecule has 0 fully saturated rings. The van der Waals surface area contributed by atoms with Crippen LogP contribution in [-0.2, 0) is 0 Å². The number of nitrogens with two attached hydrogens (primary N) is 1. The summed E-state index contributed by atoms with van der Waals surface area (Å²) in [6.07, 6.45) is -2.44. The lowest BCUT2D eigenvalue weighted by Gasteiger charge is -2.28. The van der Waals surface area contributed by atoms with Gasteiger partial charge in [-0.2, -0.15) is 18.3 Å². The molecule has 0 saturated carbocycles. The highest BCUT2D eigenvalue weighted by atomic mass is 19.4. The van der Waals surface area contributed by atoms with E-state index in [4.69, 9.17) is 5.73 Å². The van der Waals surface area contributed by atoms with E-state index in [1.165, 1.54) is 10.9 Å². The number of hydrogen-bond donors (Lipinski definition) is 1. The quantitative estimate of drug-likeness (QED) is 0.786. The van der Waals surface area contributed by atoms with Crippen molar-refractivity contribution in [2.45, 2.75) is 37.5 Å². The van der Waals surface area contributed by atoms with E-state index in [9.17, 15) is 13.2 Å². The van der Waals surface area contributed by atoms with Gasteiger partial charge in [0.2, 0.25) is 0 Å². The fourth-order valence-corrected chi connectivity index (χ4v) is 2.02. The van der Waals surface area contributed by atoms with Crippen molar-refractivity contribution in [1.29, 1.82) is 0 Å². The largest absolute Gasteiger partial charge is 0.391 e. The van der Waals surface area contributed by atoms with Gasteiger partial charge in [0.25, 0.3) is 0 Å². The van der Waals surface area contributed by atoms with Crippen LogP contribution in [0.25, 0.3) is 0 Å². The second kappa shape index (κ2) is 3.52. The molecule has 1 aliphatic rings. The highest BCUT2D eigenvalue weighted by molar-refractivity contribution is 5.10. The number of hydrogen-bond acceptors (Lipinski definition) is 2. The van der Waals surface area contributed by atoms with Gasteiger partial charge in [0.15, 0.2) is 0 Å². The minimum Gasteiger partial charge on any atom is -0.323 e. The van der Waals surface area contributed by atoms with Crippen molar-refractivity contribution in [3.05, 3.63) is 18.0 Å². The van der Waals surface area contributed by atoms with E-state index in [-0.39, 0.29) is 6.04 Å². The molecule has 0 saturated heterocycles. The van der Waals surface area contributed by atoms with Gasteiger partial charge in [-0.3, -0.25) is 4.68 Å². The molecule has 2 atom stereocenters. The molecule has 1 aromatic rings. The molecular weight excluding hydrogens is 207 g/mol. The zero-order chi connectivity index (χ0) is 11.1. The van der Waals surface area contributed by atoms with Crippen LogP contribution in [-0.4, -0.2) is 16.0 Å². The van der Waals surface area contributed by atoms with Crippen LogP contribution in [0.3, 0.4) is 0 Å². The van der Waals surface area contributed by atoms with Crippen LogP contribution >= 0.6 is 0 Å². The summed E-state index contributed by atoms with van der Waals surface area (Å²) >= 11 is 0. The van der Waals surface area contributed by atoms with E-state index in [0.717, 1.165) is 0 Å². The van der Waals surface area contributed by atoms with Crippen molar-refractivity contribution in [3.63, 3.8) is 0 Å². The molecule has 0 bridgehead atoms. The molecule has 0 radical (unpaired) electrons. The van der Waals surface area contributed by atoms with Crippen molar-refractivity contribution in [2.24, 2.45) is 5.73 Å². The summed E-state index contributed by atoms with van der Waals surface area (Å²) in [6.45, 7) is 0. The Morgan fingerprint density at radius 2 is 2.20 bits per heavy atom. The highest BCUT2D eigenvalue weighted by Crippen LogP contribution is 2.36. The maximum absolute atomic E-state index is 12.3. The molecule has 2 N–H and O–H groups in total. The van der Waals surface area contributed by atoms with Crippen molar-refractivity contribution >= 4 is 0 Å². The number of aromatic nitrogens is 2. The van der Waals surface area contributed by atoms with Crippen LogP contribution in [0.5, 0.6) is 0 Å². The predicted molar refractivity (Wildman–Crippen MR) is 48.1 cm³/mol. The van der Waals surface area contributed by atoms with Gasteiger partial charge in [-0.1, -0.05) is 0 Å². The first-order chi connectivity index (χ1) is 6.97. The molecule has 2 unspecified atom stereocenters. The van der Waals surface area contributed by atoms with Gasteiger partial charge in [0, 0.05) is 12.2 Å². The molecular formula is C9H12F3N3. The Kier molecular flexibility index (Phi) is 2.46. The number of nitrogens with zero attached hydrogens (tertiary/aromatic N) is 2. The molecule has 1 aromatic heterocycles. The van der Waals surface area contributed by atoms with Gasteiger partial charge in [0.05, 0.1) is 18.2 Å². The summed E-state index contributed by atoms with van der Waals surface area (Å²) in [5.74, 6) is 0. The van der Waals surface area contributed by atoms with Gasteiger partial charge in [-0.15, -0.1) is 0 Å². The van der Waals surface area contributed by atoms with Crippen LogP contribution in [0.2, 0.25) is 0 Å². The van der Waals surface area contributed by atoms with Gasteiger partial charge < -0.3 is 5.73 Å². The molecule has 2 heterocycles. The van der Waals surface area contributed by atoms with Crippen LogP contribution in [0.4, 0.5) is 13.2 Å². The van der Waals surface area contributed by atoms with Crippen LogP contribution in [0, 0.1) is 0 Å². The zero-order valence-corrected chi connectivity index (χ0v) is 8.04. The minimum absolute atomic E-state index is 0.183. The lowest BCUT2D eigenvalue weighted by atomic mass is 9.97. The van der Waals surface area contributed by atoms with Gasteiger partial charge >= 0.3 is 6.18 Å². The first kappa shape index (κ1) is 10.5. The number of halogens is 3. The molecule has 0 amide bonds. The van der Waals surface area contributed by atoms with Gasteiger partial charge in [-0.25, -0.2) is 0 Å². The van der Waals surface area contributed by atoms with E-state index in [1.807, 2.05) is 0 Å². The lowest BCUT2D eigenvalue weighted by Crippen LogP contribution is -2.29. The predicted octanol–water partition coefficient (Wildman–Crippen LogP) is 2.17. The summed E-state index contributed by atoms with van der Waals surface area (Å²) < 4.78 is 38.2. The summed E-state index contributed by atoms with van der Waals surface area (Å²) in [7, 11) is 0. The monoisotopic (exact) mass is 219 g/mol. The molecule has 0 spiro atoms. The molecule has 6 heteroatoms. The van der Waals surface area contributed by atoms with Crippen molar-refractivity contribution in [2.75, 3.05) is 0 Å². The van der Waals surface area contributed by atoms with Gasteiger partial charge in [-0.05, 0) is 18.9 Å². The topological polar surface area (TPSA) is 43.8 Å². The van der Waals surface area contributed by atoms with E-state index >= 15 is 0 Å². The first-order valence-corrected chi connectivity index (χ1v) is 4.83. The summed E-state index contributed by atoms with van der Waals surface area (Å²) in [4.78, 5) is 0. The summed E-state index contributed by atoms with van der Waals surface area (Å²) in [5.41, 5.74) is 6.48. The minimum atomic E-state index is -4.14. The second-order valence-electron chi connectivity index (χ2n) is 3.86. The molecule has 0 aliphatic carbocycles. The first-order valence-electron chi connectivity index (χ1n) is 4.83. The number of rotatable bonds is 1. The fourth-order valence-electron chi connectivity index (χ4n) is 2.02. The van der Waals surface area contributed by atoms with Gasteiger partial charge in [0.1, 0.15) is 0 Å². The van der Waals surface area contributed by atoms with E-state index in [2.05, 4.69) is 5.10 Å². The zero-order valence-electron chi connectivity index (χ0n) is 8.04. The van der Waals surface area contributed by atoms with Crippen molar-refractivity contribution < 1.29 is 13.2 Å². The van der Waals surface area contributed by atoms with Crippen molar-refractivity contribution in [1.82, 2.24) is 9.78 Å². The summed E-state index contributed by atoms with van der Waals surface area (Å²) in [5, 5.41) is 3.91. The SMILES string of the molecule is NC1CCC(CC(F)(F)F)n2nccc21. The molecule has 3 nitrogen and oxygen atoms in total. The Hall–Kier alpha value is -1.04. The fraction of sp³-hybridized carbons (Fsp3) is 0.667. The Bertz CT molecular complexity index is 345. The van der Waals surface area contributed by atoms with E-state index in [0.29, 0.717) is 18.5 Å². The van der Waals surface area contributed by atoms with Crippen LogP contribution < -0.4 is 5.73 Å². The smallest absolute Gasteiger partial charge is 0.323 e. The van der Waals surface area contributed by atoms with E-state index in [1.54, 1.807) is 6.07 Å². The molecule has 84 valence electrons. The van der Waals surface area contributed by atoms with Crippen LogP contribution in [0.1, 0.15) is 37.0 Å². The third-order valence-electron chi connectivity index (χ3n) is 2.70. The maximum Gasteiger partial charge on any atom is 0.391 e. The Morgan fingerprint density at radius 3 is 2.87 bits per heavy atom. The number of alkyl halides is 3. The Labute approximate surface area is 85.1 Å². The lowest BCUT2D eigenvalue weighted by molar-refractivity contribution is -0.144.